The van der Waals surface area contributed by atoms with E-state index in [1.54, 1.807) is 0 Å². The lowest BCUT2D eigenvalue weighted by atomic mass is 10.6. The molecule has 0 radical (unpaired) electrons. The van der Waals surface area contributed by atoms with Crippen LogP contribution in [0.15, 0.2) is 0 Å². The molecule has 2 atom stereocenters. The minimum atomic E-state index is -1.98. The van der Waals surface area contributed by atoms with Crippen molar-refractivity contribution in [2.45, 2.75) is 13.3 Å². The molecule has 0 aromatic rings. The zero-order valence-electron chi connectivity index (χ0n) is 8.76. The number of hydrogen-bond donors (Lipinski definition) is 1. The summed E-state index contributed by atoms with van der Waals surface area (Å²) in [6.45, 7) is -0.105. The Balaban J connectivity index is 3.64. The summed E-state index contributed by atoms with van der Waals surface area (Å²) in [6, 6.07) is 0. The van der Waals surface area contributed by atoms with Crippen LogP contribution >= 0.6 is 21.6 Å². The highest BCUT2D eigenvalue weighted by Crippen LogP contribution is 2.20. The van der Waals surface area contributed by atoms with Crippen LogP contribution in [0.5, 0.6) is 0 Å². The van der Waals surface area contributed by atoms with Gasteiger partial charge >= 0.3 is 0 Å². The third kappa shape index (κ3) is 6.66. The fourth-order valence-electron chi connectivity index (χ4n) is 0.163. The van der Waals surface area contributed by atoms with E-state index >= 15 is 0 Å². The highest BCUT2D eigenvalue weighted by atomic mass is 33.1. The normalized spacial score (nSPS) is 26.8. The summed E-state index contributed by atoms with van der Waals surface area (Å²) >= 11 is 0. The van der Waals surface area contributed by atoms with Crippen LogP contribution in [0.1, 0.15) is 18.8 Å². The van der Waals surface area contributed by atoms with E-state index in [4.69, 9.17) is 11.2 Å². The van der Waals surface area contributed by atoms with Crippen LogP contribution in [0.4, 0.5) is 0 Å². The highest BCUT2D eigenvalue weighted by Gasteiger charge is 1.83. The Bertz CT molecular complexity index is 129. The maximum Gasteiger partial charge on any atom is 0.0434 e. The Morgan fingerprint density at radius 1 is 1.50 bits per heavy atom. The number of rotatable bonds is 5. The van der Waals surface area contributed by atoms with Crippen molar-refractivity contribution in [3.63, 3.8) is 0 Å². The molecule has 0 aromatic carbocycles. The molecule has 1 nitrogen and oxygen atoms in total. The molecule has 0 saturated heterocycles. The van der Waals surface area contributed by atoms with Gasteiger partial charge in [0, 0.05) is 23.4 Å². The van der Waals surface area contributed by atoms with Crippen molar-refractivity contribution >= 4 is 21.6 Å². The van der Waals surface area contributed by atoms with Crippen molar-refractivity contribution in [1.82, 2.24) is 0 Å². The second-order valence-electron chi connectivity index (χ2n) is 1.05. The van der Waals surface area contributed by atoms with Crippen LogP contribution < -0.4 is 5.73 Å². The van der Waals surface area contributed by atoms with Crippen LogP contribution in [0.2, 0.25) is 0 Å². The first kappa shape index (κ1) is 3.74. The molecule has 0 bridgehead atoms. The first-order chi connectivity index (χ1) is 5.38. The molecular formula is C5H13NS2. The number of hydrogen-bond acceptors (Lipinski definition) is 3. The van der Waals surface area contributed by atoms with Gasteiger partial charge in [-0.2, -0.15) is 0 Å². The second kappa shape index (κ2) is 7.66. The minimum Gasteiger partial charge on any atom is -0.330 e. The molecular weight excluding hydrogens is 138 g/mol. The van der Waals surface area contributed by atoms with E-state index in [0.29, 0.717) is 6.42 Å². The van der Waals surface area contributed by atoms with Crippen LogP contribution in [0, 0.1) is 0 Å². The van der Waals surface area contributed by atoms with Crippen molar-refractivity contribution in [3.8, 4) is 0 Å². The average molecular weight is 155 g/mol. The third-order valence-electron chi connectivity index (χ3n) is 0.406. The quantitative estimate of drug-likeness (QED) is 0.612. The second-order valence-corrected chi connectivity index (χ2v) is 3.16. The topological polar surface area (TPSA) is 26.0 Å². The molecule has 0 saturated carbocycles. The zero-order chi connectivity index (χ0) is 9.78. The van der Waals surface area contributed by atoms with Gasteiger partial charge in [0.05, 0.1) is 0 Å². The van der Waals surface area contributed by atoms with E-state index in [1.807, 2.05) is 6.92 Å². The third-order valence-corrected chi connectivity index (χ3v) is 2.25. The summed E-state index contributed by atoms with van der Waals surface area (Å²) in [5.41, 5.74) is 3.73. The van der Waals surface area contributed by atoms with E-state index < -0.39 is 12.2 Å². The van der Waals surface area contributed by atoms with E-state index in [0.717, 1.165) is 10.8 Å². The molecule has 0 aromatic heterocycles. The van der Waals surface area contributed by atoms with E-state index in [1.165, 1.54) is 10.8 Å². The standard InChI is InChI=1S/C5H13NS2/c1-2-4-7-8-5-3-6/h2-6H2,1H3/i3D2,4D,5D. The summed E-state index contributed by atoms with van der Waals surface area (Å²) in [6.07, 6.45) is 0.692. The molecule has 50 valence electrons. The predicted octanol–water partition coefficient (Wildman–Crippen LogP) is 1.74. The summed E-state index contributed by atoms with van der Waals surface area (Å²) < 4.78 is 28.6. The van der Waals surface area contributed by atoms with Crippen molar-refractivity contribution in [2.24, 2.45) is 5.73 Å². The van der Waals surface area contributed by atoms with Gasteiger partial charge in [0.25, 0.3) is 0 Å². The molecule has 0 rings (SSSR count). The SMILES string of the molecule is [2H]C(CC)SSC([2H])C([2H])([2H])N. The number of nitrogens with two attached hydrogens (primary N) is 1. The first-order valence-electron chi connectivity index (χ1n) is 4.49. The smallest absolute Gasteiger partial charge is 0.0434 e. The van der Waals surface area contributed by atoms with Gasteiger partial charge in [-0.3, -0.25) is 0 Å². The molecule has 0 fully saturated rings. The monoisotopic (exact) mass is 155 g/mol. The van der Waals surface area contributed by atoms with Gasteiger partial charge in [0.2, 0.25) is 0 Å². The minimum absolute atomic E-state index is 0.301. The summed E-state index contributed by atoms with van der Waals surface area (Å²) in [5.74, 6) is 0. The van der Waals surface area contributed by atoms with Crippen molar-refractivity contribution in [1.29, 1.82) is 0 Å². The molecule has 2 N–H and O–H groups in total. The Kier molecular flexibility index (Phi) is 3.58. The first-order valence-corrected chi connectivity index (χ1v) is 4.61. The van der Waals surface area contributed by atoms with E-state index in [-0.39, 0.29) is 5.73 Å². The van der Waals surface area contributed by atoms with Gasteiger partial charge in [-0.1, -0.05) is 28.5 Å². The van der Waals surface area contributed by atoms with Crippen LogP contribution in [0.3, 0.4) is 0 Å². The van der Waals surface area contributed by atoms with Crippen LogP contribution in [0.25, 0.3) is 0 Å². The van der Waals surface area contributed by atoms with Crippen LogP contribution in [-0.2, 0) is 0 Å². The van der Waals surface area contributed by atoms with Gasteiger partial charge < -0.3 is 5.73 Å². The average Bonchev–Trinajstić information content (AvgIpc) is 1.97. The van der Waals surface area contributed by atoms with Crippen LogP contribution in [-0.4, -0.2) is 18.0 Å². The van der Waals surface area contributed by atoms with Crippen molar-refractivity contribution in [3.05, 3.63) is 0 Å². The molecule has 0 spiro atoms. The molecule has 0 aliphatic rings. The molecule has 0 aliphatic heterocycles. The van der Waals surface area contributed by atoms with Crippen molar-refractivity contribution < 1.29 is 5.48 Å². The molecule has 0 amide bonds. The zero-order valence-corrected chi connectivity index (χ0v) is 6.39. The molecule has 3 heteroatoms. The Labute approximate surface area is 64.8 Å². The summed E-state index contributed by atoms with van der Waals surface area (Å²) in [7, 11) is 2.20. The van der Waals surface area contributed by atoms with Gasteiger partial charge in [0.1, 0.15) is 0 Å². The molecule has 0 aliphatic carbocycles. The molecule has 8 heavy (non-hydrogen) atoms. The fourth-order valence-corrected chi connectivity index (χ4v) is 1.47. The largest absolute Gasteiger partial charge is 0.330 e. The van der Waals surface area contributed by atoms with E-state index in [9.17, 15) is 0 Å². The van der Waals surface area contributed by atoms with Gasteiger partial charge in [-0.25, -0.2) is 0 Å². The van der Waals surface area contributed by atoms with Crippen molar-refractivity contribution in [2.75, 3.05) is 18.0 Å². The molecule has 0 heterocycles. The Morgan fingerprint density at radius 2 is 2.12 bits per heavy atom. The lowest BCUT2D eigenvalue weighted by Crippen LogP contribution is -1.99. The fraction of sp³-hybridized carbons (Fsp3) is 1.00. The van der Waals surface area contributed by atoms with Gasteiger partial charge in [0.15, 0.2) is 0 Å². The van der Waals surface area contributed by atoms with E-state index in [2.05, 4.69) is 0 Å². The van der Waals surface area contributed by atoms with Gasteiger partial charge in [-0.05, 0) is 6.42 Å². The highest BCUT2D eigenvalue weighted by molar-refractivity contribution is 8.76. The molecule has 2 unspecified atom stereocenters. The lowest BCUT2D eigenvalue weighted by Gasteiger charge is -1.93. The maximum atomic E-state index is 7.31. The maximum absolute atomic E-state index is 7.31. The summed E-state index contributed by atoms with van der Waals surface area (Å²) in [5, 5.41) is 0. The lowest BCUT2D eigenvalue weighted by molar-refractivity contribution is 1.11. The Hall–Kier alpha value is 0.660. The van der Waals surface area contributed by atoms with Gasteiger partial charge in [-0.15, -0.1) is 0 Å². The summed E-state index contributed by atoms with van der Waals surface area (Å²) in [4.78, 5) is 0. The predicted molar refractivity (Wildman–Crippen MR) is 44.3 cm³/mol. The Morgan fingerprint density at radius 3 is 2.62 bits per heavy atom.